The lowest BCUT2D eigenvalue weighted by Gasteiger charge is -2.29. The van der Waals surface area contributed by atoms with E-state index in [1.54, 1.807) is 0 Å². The lowest BCUT2D eigenvalue weighted by molar-refractivity contribution is 0.102. The summed E-state index contributed by atoms with van der Waals surface area (Å²) in [5.74, 6) is 0.688. The summed E-state index contributed by atoms with van der Waals surface area (Å²) in [4.78, 5) is 0. The van der Waals surface area contributed by atoms with Gasteiger partial charge in [0.05, 0.1) is 0 Å². The van der Waals surface area contributed by atoms with Crippen molar-refractivity contribution < 1.29 is 5.11 Å². The van der Waals surface area contributed by atoms with Crippen molar-refractivity contribution in [3.8, 4) is 0 Å². The molecule has 2 heteroatoms. The summed E-state index contributed by atoms with van der Waals surface area (Å²) < 4.78 is 0.991. The van der Waals surface area contributed by atoms with Gasteiger partial charge in [-0.15, -0.1) is 0 Å². The molecule has 0 radical (unpaired) electrons. The van der Waals surface area contributed by atoms with Crippen molar-refractivity contribution in [3.63, 3.8) is 0 Å². The van der Waals surface area contributed by atoms with Gasteiger partial charge < -0.3 is 5.11 Å². The molecule has 1 N–H and O–H groups in total. The predicted molar refractivity (Wildman–Crippen MR) is 85.8 cm³/mol. The molecule has 0 spiro atoms. The van der Waals surface area contributed by atoms with E-state index in [0.717, 1.165) is 15.6 Å². The molecule has 1 nitrogen and oxygen atoms in total. The molecule has 0 heterocycles. The minimum atomic E-state index is -0.955. The third kappa shape index (κ3) is 2.55. The molecule has 2 aromatic rings. The minimum Gasteiger partial charge on any atom is -0.381 e. The fraction of sp³-hybridized carbons (Fsp3) is 0.333. The van der Waals surface area contributed by atoms with Crippen LogP contribution in [0.2, 0.25) is 0 Å². The molecule has 1 fully saturated rings. The van der Waals surface area contributed by atoms with Gasteiger partial charge in [-0.05, 0) is 54.5 Å². The number of hydrogen-bond donors (Lipinski definition) is 1. The molecule has 1 unspecified atom stereocenters. The summed E-state index contributed by atoms with van der Waals surface area (Å²) in [5.41, 5.74) is 2.30. The van der Waals surface area contributed by atoms with E-state index in [9.17, 15) is 5.11 Å². The van der Waals surface area contributed by atoms with Gasteiger partial charge >= 0.3 is 0 Å². The Kier molecular flexibility index (Phi) is 3.70. The molecule has 2 aromatic carbocycles. The van der Waals surface area contributed by atoms with Gasteiger partial charge in [-0.25, -0.2) is 0 Å². The van der Waals surface area contributed by atoms with Crippen molar-refractivity contribution in [3.05, 3.63) is 69.7 Å². The first-order chi connectivity index (χ1) is 9.57. The van der Waals surface area contributed by atoms with Crippen LogP contribution in [0.15, 0.2) is 53.0 Å². The van der Waals surface area contributed by atoms with E-state index in [-0.39, 0.29) is 0 Å². The normalized spacial score (nSPS) is 18.4. The maximum atomic E-state index is 11.0. The van der Waals surface area contributed by atoms with Crippen molar-refractivity contribution in [1.82, 2.24) is 0 Å². The average Bonchev–Trinajstić information content (AvgIpc) is 2.37. The van der Waals surface area contributed by atoms with Crippen LogP contribution in [-0.2, 0) is 5.60 Å². The van der Waals surface area contributed by atoms with Crippen LogP contribution in [0.3, 0.4) is 0 Å². The van der Waals surface area contributed by atoms with E-state index < -0.39 is 5.60 Å². The maximum absolute atomic E-state index is 11.0. The zero-order valence-electron chi connectivity index (χ0n) is 11.6. The summed E-state index contributed by atoms with van der Waals surface area (Å²) >= 11 is 3.47. The van der Waals surface area contributed by atoms with Crippen molar-refractivity contribution in [2.45, 2.75) is 37.7 Å². The number of hydrogen-bond acceptors (Lipinski definition) is 1. The van der Waals surface area contributed by atoms with Gasteiger partial charge in [-0.3, -0.25) is 0 Å². The van der Waals surface area contributed by atoms with E-state index in [2.05, 4.69) is 34.1 Å². The molecule has 0 aromatic heterocycles. The molecule has 1 aliphatic carbocycles. The first kappa shape index (κ1) is 13.8. The second-order valence-electron chi connectivity index (χ2n) is 5.84. The summed E-state index contributed by atoms with van der Waals surface area (Å²) in [5, 5.41) is 11.0. The molecule has 20 heavy (non-hydrogen) atoms. The second kappa shape index (κ2) is 5.34. The third-order valence-electron chi connectivity index (χ3n) is 4.41. The Hall–Kier alpha value is -1.12. The summed E-state index contributed by atoms with van der Waals surface area (Å²) in [6, 6.07) is 16.3. The Morgan fingerprint density at radius 3 is 2.30 bits per heavy atom. The van der Waals surface area contributed by atoms with Crippen LogP contribution in [0.4, 0.5) is 0 Å². The Balaban J connectivity index is 1.98. The Morgan fingerprint density at radius 1 is 1.05 bits per heavy atom. The molecule has 104 valence electrons. The average molecular weight is 331 g/mol. The maximum Gasteiger partial charge on any atom is 0.112 e. The van der Waals surface area contributed by atoms with Crippen molar-refractivity contribution in [2.24, 2.45) is 0 Å². The number of rotatable bonds is 3. The first-order valence-electron chi connectivity index (χ1n) is 7.16. The van der Waals surface area contributed by atoms with Gasteiger partial charge in [0, 0.05) is 4.47 Å². The Labute approximate surface area is 128 Å². The van der Waals surface area contributed by atoms with Crippen molar-refractivity contribution >= 4 is 15.9 Å². The van der Waals surface area contributed by atoms with Crippen LogP contribution in [0, 0.1) is 0 Å². The number of aliphatic hydroxyl groups is 1. The number of halogens is 1. The second-order valence-corrected chi connectivity index (χ2v) is 6.75. The largest absolute Gasteiger partial charge is 0.381 e. The zero-order valence-corrected chi connectivity index (χ0v) is 13.2. The van der Waals surface area contributed by atoms with Crippen molar-refractivity contribution in [1.29, 1.82) is 0 Å². The number of benzene rings is 2. The lowest BCUT2D eigenvalue weighted by atomic mass is 9.78. The monoisotopic (exact) mass is 330 g/mol. The van der Waals surface area contributed by atoms with Crippen LogP contribution in [0.25, 0.3) is 0 Å². The molecule has 3 rings (SSSR count). The molecule has 1 atom stereocenters. The van der Waals surface area contributed by atoms with Gasteiger partial charge in [-0.2, -0.15) is 0 Å². The van der Waals surface area contributed by atoms with Gasteiger partial charge in [0.15, 0.2) is 0 Å². The highest BCUT2D eigenvalue weighted by Gasteiger charge is 2.27. The van der Waals surface area contributed by atoms with Crippen LogP contribution in [0.1, 0.15) is 48.8 Å². The highest BCUT2D eigenvalue weighted by atomic mass is 79.9. The first-order valence-corrected chi connectivity index (χ1v) is 7.95. The quantitative estimate of drug-likeness (QED) is 0.842. The van der Waals surface area contributed by atoms with Crippen LogP contribution in [0.5, 0.6) is 0 Å². The topological polar surface area (TPSA) is 20.2 Å². The predicted octanol–water partition coefficient (Wildman–Crippen LogP) is 4.97. The molecule has 0 aliphatic heterocycles. The summed E-state index contributed by atoms with van der Waals surface area (Å²) in [6.07, 6.45) is 3.89. The van der Waals surface area contributed by atoms with E-state index in [4.69, 9.17) is 0 Å². The molecular weight excluding hydrogens is 312 g/mol. The molecule has 1 saturated carbocycles. The van der Waals surface area contributed by atoms with Gasteiger partial charge in [0.2, 0.25) is 0 Å². The van der Waals surface area contributed by atoms with Crippen LogP contribution < -0.4 is 0 Å². The Bertz CT molecular complexity index is 614. The summed E-state index contributed by atoms with van der Waals surface area (Å²) in [7, 11) is 0. The molecule has 0 saturated heterocycles. The van der Waals surface area contributed by atoms with E-state index in [1.165, 1.54) is 24.8 Å². The van der Waals surface area contributed by atoms with Crippen LogP contribution in [-0.4, -0.2) is 5.11 Å². The smallest absolute Gasteiger partial charge is 0.112 e. The molecule has 0 bridgehead atoms. The Morgan fingerprint density at radius 2 is 1.70 bits per heavy atom. The van der Waals surface area contributed by atoms with E-state index in [1.807, 2.05) is 37.3 Å². The zero-order chi connectivity index (χ0) is 14.2. The lowest BCUT2D eigenvalue weighted by Crippen LogP contribution is -2.23. The highest BCUT2D eigenvalue weighted by molar-refractivity contribution is 9.10. The van der Waals surface area contributed by atoms with Gasteiger partial charge in [-0.1, -0.05) is 58.7 Å². The van der Waals surface area contributed by atoms with Gasteiger partial charge in [0.1, 0.15) is 5.60 Å². The fourth-order valence-electron chi connectivity index (χ4n) is 2.79. The van der Waals surface area contributed by atoms with Gasteiger partial charge in [0.25, 0.3) is 0 Å². The minimum absolute atomic E-state index is 0.688. The summed E-state index contributed by atoms with van der Waals surface area (Å²) in [6.45, 7) is 1.87. The fourth-order valence-corrected chi connectivity index (χ4v) is 3.19. The van der Waals surface area contributed by atoms with E-state index in [0.29, 0.717) is 5.92 Å². The third-order valence-corrected chi connectivity index (χ3v) is 4.91. The molecular formula is C18H19BrO. The SMILES string of the molecule is CC(O)(c1cccc(Br)c1)c1cccc(C2CCC2)c1. The molecule has 0 amide bonds. The van der Waals surface area contributed by atoms with Crippen LogP contribution >= 0.6 is 15.9 Å². The van der Waals surface area contributed by atoms with Crippen molar-refractivity contribution in [2.75, 3.05) is 0 Å². The van der Waals surface area contributed by atoms with E-state index >= 15 is 0 Å². The standard InChI is InChI=1S/C18H19BrO/c1-18(20,16-9-4-10-17(19)12-16)15-8-3-7-14(11-15)13-5-2-6-13/h3-4,7-13,20H,2,5-6H2,1H3. The highest BCUT2D eigenvalue weighted by Crippen LogP contribution is 2.38. The molecule has 1 aliphatic rings.